The van der Waals surface area contributed by atoms with Crippen molar-refractivity contribution in [2.24, 2.45) is 0 Å². The molecule has 0 amide bonds. The van der Waals surface area contributed by atoms with Crippen LogP contribution in [0.5, 0.6) is 0 Å². The first-order valence-corrected chi connectivity index (χ1v) is 23.8. The smallest absolute Gasteiger partial charge is 0.166 e. The highest BCUT2D eigenvalue weighted by molar-refractivity contribution is 7.25. The third-order valence-electron chi connectivity index (χ3n) is 13.3. The normalized spacial score (nSPS) is 12.9. The van der Waals surface area contributed by atoms with Crippen LogP contribution in [0, 0.1) is 0 Å². The van der Waals surface area contributed by atoms with E-state index in [2.05, 4.69) is 194 Å². The lowest BCUT2D eigenvalue weighted by molar-refractivity contribution is 1.02. The van der Waals surface area contributed by atoms with Crippen LogP contribution in [0.3, 0.4) is 0 Å². The zero-order valence-electron chi connectivity index (χ0n) is 36.8. The summed E-state index contributed by atoms with van der Waals surface area (Å²) >= 11 is 1.84. The monoisotopic (exact) mass is 884 g/mol. The topological polar surface area (TPSA) is 51.6 Å². The van der Waals surface area contributed by atoms with E-state index in [-0.39, 0.29) is 5.92 Å². The minimum Gasteiger partial charge on any atom is -0.255 e. The van der Waals surface area contributed by atoms with Gasteiger partial charge in [0.2, 0.25) is 0 Å². The molecule has 4 nitrogen and oxygen atoms in total. The zero-order valence-corrected chi connectivity index (χ0v) is 37.6. The molecule has 13 rings (SSSR count). The van der Waals surface area contributed by atoms with Crippen LogP contribution in [0.25, 0.3) is 110 Å². The Bertz CT molecular complexity index is 3780. The lowest BCUT2D eigenvalue weighted by Crippen LogP contribution is -2.02. The Balaban J connectivity index is 1.00. The molecule has 9 aromatic carbocycles. The summed E-state index contributed by atoms with van der Waals surface area (Å²) in [7, 11) is 0. The Morgan fingerprint density at radius 1 is 0.309 bits per heavy atom. The molecule has 0 radical (unpaired) electrons. The molecule has 1 aliphatic carbocycles. The molecule has 12 aromatic rings. The first kappa shape index (κ1) is 39.7. The Morgan fingerprint density at radius 3 is 1.53 bits per heavy atom. The van der Waals surface area contributed by atoms with E-state index in [1.54, 1.807) is 0 Å². The van der Waals surface area contributed by atoms with Gasteiger partial charge in [0.25, 0.3) is 0 Å². The van der Waals surface area contributed by atoms with E-state index in [9.17, 15) is 0 Å². The summed E-state index contributed by atoms with van der Waals surface area (Å²) in [6.07, 6.45) is 2.00. The van der Waals surface area contributed by atoms with E-state index in [1.165, 1.54) is 59.1 Å². The molecule has 0 spiro atoms. The highest BCUT2D eigenvalue weighted by Gasteiger charge is 2.31. The maximum Gasteiger partial charge on any atom is 0.166 e. The fourth-order valence-electron chi connectivity index (χ4n) is 10.0. The first-order valence-electron chi connectivity index (χ1n) is 23.0. The van der Waals surface area contributed by atoms with Crippen molar-refractivity contribution in [3.63, 3.8) is 0 Å². The fourth-order valence-corrected chi connectivity index (χ4v) is 11.2. The Morgan fingerprint density at radius 2 is 0.853 bits per heavy atom. The third kappa shape index (κ3) is 7.00. The minimum absolute atomic E-state index is 0.187. The van der Waals surface area contributed by atoms with Gasteiger partial charge in [0.1, 0.15) is 0 Å². The van der Waals surface area contributed by atoms with Crippen LogP contribution in [0.1, 0.15) is 22.6 Å². The van der Waals surface area contributed by atoms with Crippen LogP contribution in [0.15, 0.2) is 237 Å². The molecule has 318 valence electrons. The van der Waals surface area contributed by atoms with Crippen LogP contribution in [0.4, 0.5) is 0 Å². The number of hydrogen-bond acceptors (Lipinski definition) is 5. The van der Waals surface area contributed by atoms with Crippen LogP contribution in [-0.2, 0) is 0 Å². The number of hydrogen-bond donors (Lipinski definition) is 0. The third-order valence-corrected chi connectivity index (χ3v) is 14.4. The molecule has 0 saturated carbocycles. The summed E-state index contributed by atoms with van der Waals surface area (Å²) in [6.45, 7) is 0. The quantitative estimate of drug-likeness (QED) is 0.153. The highest BCUT2D eigenvalue weighted by atomic mass is 32.1. The largest absolute Gasteiger partial charge is 0.255 e. The second kappa shape index (κ2) is 16.7. The number of thiophene rings is 1. The predicted molar refractivity (Wildman–Crippen MR) is 281 cm³/mol. The van der Waals surface area contributed by atoms with Gasteiger partial charge < -0.3 is 0 Å². The average Bonchev–Trinajstić information content (AvgIpc) is 3.95. The predicted octanol–water partition coefficient (Wildman–Crippen LogP) is 16.5. The lowest BCUT2D eigenvalue weighted by Gasteiger charge is -2.15. The van der Waals surface area contributed by atoms with Crippen molar-refractivity contribution in [3.8, 4) is 89.9 Å². The molecular formula is C63H40N4S. The lowest BCUT2D eigenvalue weighted by atomic mass is 9.89. The summed E-state index contributed by atoms with van der Waals surface area (Å²) in [5.41, 5.74) is 17.8. The molecule has 0 saturated heterocycles. The first-order chi connectivity index (χ1) is 33.7. The van der Waals surface area contributed by atoms with E-state index in [0.29, 0.717) is 17.5 Å². The highest BCUT2D eigenvalue weighted by Crippen LogP contribution is 2.51. The number of fused-ring (bicyclic) bond motifs is 6. The van der Waals surface area contributed by atoms with Gasteiger partial charge in [-0.05, 0) is 86.0 Å². The molecule has 3 aromatic heterocycles. The van der Waals surface area contributed by atoms with Gasteiger partial charge in [-0.15, -0.1) is 11.3 Å². The summed E-state index contributed by atoms with van der Waals surface area (Å²) in [6, 6.07) is 82.0. The van der Waals surface area contributed by atoms with Crippen molar-refractivity contribution in [2.45, 2.75) is 5.92 Å². The number of benzene rings is 9. The van der Waals surface area contributed by atoms with Gasteiger partial charge in [-0.2, -0.15) is 0 Å². The van der Waals surface area contributed by atoms with Gasteiger partial charge in [-0.3, -0.25) is 4.98 Å². The molecule has 0 fully saturated rings. The molecule has 1 atom stereocenters. The number of rotatable bonds is 8. The SMILES string of the molecule is c1ccc(-c2nc(-c3ccccc3)nc(-c3cc(-c4ccc(-c5ccccc5)c(-c5ccccc5)c4)cnc3-c3ccc4c(c3)sc3cc5c(cc34)C(c3ccccc3)c3ccccc3-5)n2)cc1. The summed E-state index contributed by atoms with van der Waals surface area (Å²) in [5, 5.41) is 2.51. The van der Waals surface area contributed by atoms with Gasteiger partial charge in [0.15, 0.2) is 17.5 Å². The zero-order chi connectivity index (χ0) is 45.0. The second-order valence-electron chi connectivity index (χ2n) is 17.3. The summed E-state index contributed by atoms with van der Waals surface area (Å²) < 4.78 is 2.48. The van der Waals surface area contributed by atoms with Gasteiger partial charge >= 0.3 is 0 Å². The second-order valence-corrected chi connectivity index (χ2v) is 18.4. The molecule has 68 heavy (non-hydrogen) atoms. The van der Waals surface area contributed by atoms with Crippen LogP contribution >= 0.6 is 11.3 Å². The molecule has 5 heteroatoms. The summed E-state index contributed by atoms with van der Waals surface area (Å²) in [5.74, 6) is 1.96. The minimum atomic E-state index is 0.187. The van der Waals surface area contributed by atoms with Crippen molar-refractivity contribution < 1.29 is 0 Å². The summed E-state index contributed by atoms with van der Waals surface area (Å²) in [4.78, 5) is 21.0. The van der Waals surface area contributed by atoms with Gasteiger partial charge in [-0.25, -0.2) is 15.0 Å². The average molecular weight is 885 g/mol. The standard InChI is InChI=1S/C63H40N4S/c1-6-18-40(19-7-1)48-32-30-45(34-52(48)41-20-8-2-9-21-41)47-35-56(63-66-61(43-24-12-4-13-25-43)65-62(67-63)44-26-14-5-15-27-44)60(64-39-47)46-31-33-50-54-37-55-53(38-58(54)68-57(50)36-46)49-28-16-17-29-51(49)59(55)42-22-10-3-11-23-42/h1-39,59H. The van der Waals surface area contributed by atoms with Crippen LogP contribution < -0.4 is 0 Å². The number of aromatic nitrogens is 4. The van der Waals surface area contributed by atoms with Crippen molar-refractivity contribution >= 4 is 31.5 Å². The molecule has 0 bridgehead atoms. The van der Waals surface area contributed by atoms with E-state index in [0.717, 1.165) is 50.2 Å². The van der Waals surface area contributed by atoms with Gasteiger partial charge in [-0.1, -0.05) is 200 Å². The molecule has 1 aliphatic rings. The maximum absolute atomic E-state index is 5.37. The van der Waals surface area contributed by atoms with Gasteiger partial charge in [0, 0.05) is 60.1 Å². The Labute approximate surface area is 398 Å². The molecule has 0 N–H and O–H groups in total. The van der Waals surface area contributed by atoms with E-state index >= 15 is 0 Å². The van der Waals surface area contributed by atoms with Crippen molar-refractivity contribution in [2.75, 3.05) is 0 Å². The van der Waals surface area contributed by atoms with E-state index in [4.69, 9.17) is 19.9 Å². The van der Waals surface area contributed by atoms with E-state index < -0.39 is 0 Å². The van der Waals surface area contributed by atoms with Crippen molar-refractivity contribution in [1.82, 2.24) is 19.9 Å². The fraction of sp³-hybridized carbons (Fsp3) is 0.0159. The number of pyridine rings is 1. The van der Waals surface area contributed by atoms with E-state index in [1.807, 2.05) is 53.9 Å². The maximum atomic E-state index is 5.37. The Hall–Kier alpha value is -8.64. The Kier molecular flexibility index (Phi) is 9.73. The van der Waals surface area contributed by atoms with Crippen LogP contribution in [-0.4, -0.2) is 19.9 Å². The molecule has 1 unspecified atom stereocenters. The molecular weight excluding hydrogens is 845 g/mol. The van der Waals surface area contributed by atoms with Gasteiger partial charge in [0.05, 0.1) is 5.69 Å². The van der Waals surface area contributed by atoms with Crippen molar-refractivity contribution in [3.05, 3.63) is 253 Å². The molecule has 0 aliphatic heterocycles. The van der Waals surface area contributed by atoms with Crippen LogP contribution in [0.2, 0.25) is 0 Å². The number of nitrogens with zero attached hydrogens (tertiary/aromatic N) is 4. The molecule has 3 heterocycles. The van der Waals surface area contributed by atoms with Crippen molar-refractivity contribution in [1.29, 1.82) is 0 Å².